The van der Waals surface area contributed by atoms with E-state index in [4.69, 9.17) is 10.5 Å². The molecule has 25 heavy (non-hydrogen) atoms. The molecule has 7 nitrogen and oxygen atoms in total. The second-order valence-electron chi connectivity index (χ2n) is 7.66. The Balaban J connectivity index is 1.49. The second kappa shape index (κ2) is 8.36. The van der Waals surface area contributed by atoms with Gasteiger partial charge in [-0.2, -0.15) is 0 Å². The molecule has 0 bridgehead atoms. The van der Waals surface area contributed by atoms with Crippen molar-refractivity contribution in [3.05, 3.63) is 0 Å². The van der Waals surface area contributed by atoms with Crippen LogP contribution in [0.1, 0.15) is 44.9 Å². The van der Waals surface area contributed by atoms with Crippen LogP contribution in [0.25, 0.3) is 0 Å². The van der Waals surface area contributed by atoms with Gasteiger partial charge in [0.2, 0.25) is 5.91 Å². The molecule has 3 fully saturated rings. The average Bonchev–Trinajstić information content (AvgIpc) is 2.69. The summed E-state index contributed by atoms with van der Waals surface area (Å²) in [6.45, 7) is 3.97. The molecule has 142 valence electrons. The van der Waals surface area contributed by atoms with E-state index in [2.05, 4.69) is 5.32 Å². The Kier molecular flexibility index (Phi) is 6.17. The molecule has 0 spiro atoms. The first-order valence-corrected chi connectivity index (χ1v) is 9.77. The van der Waals surface area contributed by atoms with Crippen molar-refractivity contribution in [2.75, 3.05) is 45.9 Å². The van der Waals surface area contributed by atoms with Crippen LogP contribution in [0.5, 0.6) is 0 Å². The van der Waals surface area contributed by atoms with Crippen molar-refractivity contribution in [3.8, 4) is 0 Å². The van der Waals surface area contributed by atoms with Gasteiger partial charge in [0.05, 0.1) is 5.41 Å². The second-order valence-corrected chi connectivity index (χ2v) is 7.66. The van der Waals surface area contributed by atoms with Gasteiger partial charge in [-0.25, -0.2) is 4.79 Å². The molecule has 3 amide bonds. The van der Waals surface area contributed by atoms with E-state index >= 15 is 0 Å². The van der Waals surface area contributed by atoms with E-state index in [1.54, 1.807) is 0 Å². The minimum Gasteiger partial charge on any atom is -0.381 e. The zero-order chi connectivity index (χ0) is 17.7. The number of ether oxygens (including phenoxy) is 1. The number of nitrogens with two attached hydrogens (primary N) is 1. The highest BCUT2D eigenvalue weighted by Crippen LogP contribution is 2.32. The minimum atomic E-state index is -0.467. The van der Waals surface area contributed by atoms with E-state index in [1.165, 1.54) is 19.3 Å². The maximum Gasteiger partial charge on any atom is 0.317 e. The van der Waals surface area contributed by atoms with Crippen LogP contribution in [0, 0.1) is 5.41 Å². The Hall–Kier alpha value is -1.34. The first-order chi connectivity index (χ1) is 12.1. The van der Waals surface area contributed by atoms with Gasteiger partial charge >= 0.3 is 6.03 Å². The molecule has 0 radical (unpaired) electrons. The number of rotatable bonds is 3. The summed E-state index contributed by atoms with van der Waals surface area (Å²) in [6, 6.07) is 0.349. The van der Waals surface area contributed by atoms with Gasteiger partial charge in [0, 0.05) is 52.0 Å². The third-order valence-corrected chi connectivity index (χ3v) is 6.08. The Labute approximate surface area is 150 Å². The van der Waals surface area contributed by atoms with E-state index in [0.717, 1.165) is 12.8 Å². The Morgan fingerprint density at radius 3 is 2.20 bits per heavy atom. The van der Waals surface area contributed by atoms with Crippen molar-refractivity contribution in [2.24, 2.45) is 11.1 Å². The van der Waals surface area contributed by atoms with Gasteiger partial charge < -0.3 is 25.6 Å². The lowest BCUT2D eigenvalue weighted by atomic mass is 9.78. The molecule has 2 aliphatic heterocycles. The van der Waals surface area contributed by atoms with Crippen LogP contribution in [0.2, 0.25) is 0 Å². The predicted octanol–water partition coefficient (Wildman–Crippen LogP) is 0.928. The number of hydrogen-bond acceptors (Lipinski definition) is 4. The highest BCUT2D eigenvalue weighted by molar-refractivity contribution is 5.83. The summed E-state index contributed by atoms with van der Waals surface area (Å²) in [6.07, 6.45) is 7.27. The molecular formula is C18H32N4O3. The zero-order valence-corrected chi connectivity index (χ0v) is 15.2. The third-order valence-electron chi connectivity index (χ3n) is 6.08. The fourth-order valence-electron chi connectivity index (χ4n) is 4.23. The average molecular weight is 352 g/mol. The van der Waals surface area contributed by atoms with Crippen molar-refractivity contribution in [1.82, 2.24) is 15.1 Å². The molecule has 2 heterocycles. The van der Waals surface area contributed by atoms with Gasteiger partial charge in [-0.3, -0.25) is 4.79 Å². The van der Waals surface area contributed by atoms with Crippen molar-refractivity contribution in [2.45, 2.75) is 51.0 Å². The van der Waals surface area contributed by atoms with E-state index in [0.29, 0.717) is 64.8 Å². The fraction of sp³-hybridized carbons (Fsp3) is 0.889. The van der Waals surface area contributed by atoms with Crippen molar-refractivity contribution in [1.29, 1.82) is 0 Å². The largest absolute Gasteiger partial charge is 0.381 e. The lowest BCUT2D eigenvalue weighted by Crippen LogP contribution is -2.58. The number of piperazine rings is 1. The van der Waals surface area contributed by atoms with Crippen LogP contribution >= 0.6 is 0 Å². The summed E-state index contributed by atoms with van der Waals surface area (Å²) in [7, 11) is 0. The summed E-state index contributed by atoms with van der Waals surface area (Å²) in [5, 5.41) is 3.16. The summed E-state index contributed by atoms with van der Waals surface area (Å²) < 4.78 is 5.40. The number of nitrogens with zero attached hydrogens (tertiary/aromatic N) is 2. The Morgan fingerprint density at radius 1 is 1.00 bits per heavy atom. The molecule has 3 aliphatic rings. The van der Waals surface area contributed by atoms with Crippen LogP contribution in [0.15, 0.2) is 0 Å². The topological polar surface area (TPSA) is 87.9 Å². The number of hydrogen-bond donors (Lipinski definition) is 2. The van der Waals surface area contributed by atoms with E-state index in [9.17, 15) is 9.59 Å². The molecule has 1 aliphatic carbocycles. The summed E-state index contributed by atoms with van der Waals surface area (Å²) >= 11 is 0. The van der Waals surface area contributed by atoms with Crippen LogP contribution < -0.4 is 11.1 Å². The molecule has 1 saturated carbocycles. The highest BCUT2D eigenvalue weighted by Gasteiger charge is 2.42. The lowest BCUT2D eigenvalue weighted by Gasteiger charge is -2.42. The van der Waals surface area contributed by atoms with Crippen LogP contribution in [0.4, 0.5) is 4.79 Å². The predicted molar refractivity (Wildman–Crippen MR) is 95.1 cm³/mol. The number of urea groups is 1. The summed E-state index contributed by atoms with van der Waals surface area (Å²) in [5.41, 5.74) is 5.48. The van der Waals surface area contributed by atoms with Gasteiger partial charge in [-0.05, 0) is 25.7 Å². The molecule has 0 unspecified atom stereocenters. The van der Waals surface area contributed by atoms with Crippen LogP contribution in [-0.2, 0) is 9.53 Å². The molecule has 0 aromatic rings. The van der Waals surface area contributed by atoms with Gasteiger partial charge in [0.15, 0.2) is 0 Å². The first kappa shape index (κ1) is 18.5. The SMILES string of the molecule is NCC1(C(=O)N2CCN(C(=O)NC3CCCCC3)CC2)CCOCC1. The minimum absolute atomic E-state index is 0.0265. The fourth-order valence-corrected chi connectivity index (χ4v) is 4.23. The monoisotopic (exact) mass is 352 g/mol. The molecule has 7 heteroatoms. The normalized spacial score (nSPS) is 24.8. The van der Waals surface area contributed by atoms with E-state index in [-0.39, 0.29) is 11.9 Å². The van der Waals surface area contributed by atoms with Crippen LogP contribution in [-0.4, -0.2) is 73.7 Å². The van der Waals surface area contributed by atoms with E-state index in [1.807, 2.05) is 9.80 Å². The van der Waals surface area contributed by atoms with Crippen molar-refractivity contribution in [3.63, 3.8) is 0 Å². The molecular weight excluding hydrogens is 320 g/mol. The summed E-state index contributed by atoms with van der Waals surface area (Å²) in [5.74, 6) is 0.144. The van der Waals surface area contributed by atoms with Gasteiger partial charge in [-0.1, -0.05) is 19.3 Å². The van der Waals surface area contributed by atoms with Crippen molar-refractivity contribution >= 4 is 11.9 Å². The quantitative estimate of drug-likeness (QED) is 0.791. The van der Waals surface area contributed by atoms with Gasteiger partial charge in [-0.15, -0.1) is 0 Å². The lowest BCUT2D eigenvalue weighted by molar-refractivity contribution is -0.148. The number of carbonyl (C=O) groups is 2. The summed E-state index contributed by atoms with van der Waals surface area (Å²) in [4.78, 5) is 29.1. The molecule has 3 rings (SSSR count). The Morgan fingerprint density at radius 2 is 1.60 bits per heavy atom. The highest BCUT2D eigenvalue weighted by atomic mass is 16.5. The standard InChI is InChI=1S/C18H32N4O3/c19-14-18(6-12-25-13-7-18)16(23)21-8-10-22(11-9-21)17(24)20-15-4-2-1-3-5-15/h15H,1-14,19H2,(H,20,24). The van der Waals surface area contributed by atoms with Crippen LogP contribution in [0.3, 0.4) is 0 Å². The molecule has 3 N–H and O–H groups in total. The Bertz CT molecular complexity index is 465. The molecule has 0 atom stereocenters. The molecule has 0 aromatic heterocycles. The van der Waals surface area contributed by atoms with Gasteiger partial charge in [0.1, 0.15) is 0 Å². The molecule has 0 aromatic carbocycles. The maximum atomic E-state index is 13.0. The smallest absolute Gasteiger partial charge is 0.317 e. The number of carbonyl (C=O) groups excluding carboxylic acids is 2. The maximum absolute atomic E-state index is 13.0. The zero-order valence-electron chi connectivity index (χ0n) is 15.2. The number of nitrogens with one attached hydrogen (secondary N) is 1. The first-order valence-electron chi connectivity index (χ1n) is 9.77. The van der Waals surface area contributed by atoms with E-state index < -0.39 is 5.41 Å². The number of amides is 3. The van der Waals surface area contributed by atoms with Crippen molar-refractivity contribution < 1.29 is 14.3 Å². The third kappa shape index (κ3) is 4.26. The molecule has 2 saturated heterocycles. The van der Waals surface area contributed by atoms with Gasteiger partial charge in [0.25, 0.3) is 0 Å².